The molecule has 1 rings (SSSR count). The number of primary amides is 1. The number of rotatable bonds is 4. The highest BCUT2D eigenvalue weighted by Gasteiger charge is 2.46. The van der Waals surface area contributed by atoms with Crippen LogP contribution in [-0.2, 0) is 21.2 Å². The number of para-hydroxylation sites is 1. The van der Waals surface area contributed by atoms with Crippen molar-refractivity contribution < 1.29 is 26.4 Å². The van der Waals surface area contributed by atoms with Crippen molar-refractivity contribution in [2.75, 3.05) is 4.72 Å². The minimum atomic E-state index is -5.51. The highest BCUT2D eigenvalue weighted by Crippen LogP contribution is 2.27. The van der Waals surface area contributed by atoms with Crippen LogP contribution in [0, 0.1) is 0 Å². The van der Waals surface area contributed by atoms with Gasteiger partial charge >= 0.3 is 15.5 Å². The monoisotopic (exact) mass is 282 g/mol. The van der Waals surface area contributed by atoms with Gasteiger partial charge in [-0.05, 0) is 11.6 Å². The molecule has 0 heterocycles. The highest BCUT2D eigenvalue weighted by atomic mass is 32.2. The number of anilines is 1. The van der Waals surface area contributed by atoms with Crippen molar-refractivity contribution in [3.8, 4) is 0 Å². The molecule has 3 N–H and O–H groups in total. The van der Waals surface area contributed by atoms with E-state index >= 15 is 0 Å². The van der Waals surface area contributed by atoms with Gasteiger partial charge in [-0.3, -0.25) is 9.52 Å². The summed E-state index contributed by atoms with van der Waals surface area (Å²) in [6.45, 7) is 0. The molecule has 5 nitrogen and oxygen atoms in total. The number of halogens is 3. The van der Waals surface area contributed by atoms with Crippen molar-refractivity contribution >= 4 is 21.6 Å². The molecule has 100 valence electrons. The molecular formula is C9H9F3N2O3S. The van der Waals surface area contributed by atoms with Crippen LogP contribution in [0.5, 0.6) is 0 Å². The molecule has 0 spiro atoms. The minimum Gasteiger partial charge on any atom is -0.369 e. The second-order valence-corrected chi connectivity index (χ2v) is 5.03. The van der Waals surface area contributed by atoms with Crippen LogP contribution >= 0.6 is 0 Å². The first-order valence-electron chi connectivity index (χ1n) is 4.59. The summed E-state index contributed by atoms with van der Waals surface area (Å²) in [5.41, 5.74) is -0.777. The predicted octanol–water partition coefficient (Wildman–Crippen LogP) is 0.976. The van der Waals surface area contributed by atoms with Gasteiger partial charge in [0.05, 0.1) is 12.1 Å². The second-order valence-electron chi connectivity index (χ2n) is 3.35. The van der Waals surface area contributed by atoms with Gasteiger partial charge in [0.2, 0.25) is 5.91 Å². The zero-order valence-corrected chi connectivity index (χ0v) is 9.68. The van der Waals surface area contributed by atoms with E-state index in [1.165, 1.54) is 22.9 Å². The van der Waals surface area contributed by atoms with E-state index in [0.717, 1.165) is 6.07 Å². The first-order chi connectivity index (χ1) is 8.13. The third-order valence-corrected chi connectivity index (χ3v) is 3.03. The van der Waals surface area contributed by atoms with E-state index in [-0.39, 0.29) is 17.7 Å². The minimum absolute atomic E-state index is 0.0674. The summed E-state index contributed by atoms with van der Waals surface area (Å²) in [6.07, 6.45) is -0.365. The summed E-state index contributed by atoms with van der Waals surface area (Å²) in [7, 11) is -5.51. The molecule has 0 unspecified atom stereocenters. The Morgan fingerprint density at radius 3 is 2.33 bits per heavy atom. The van der Waals surface area contributed by atoms with E-state index in [2.05, 4.69) is 0 Å². The van der Waals surface area contributed by atoms with Gasteiger partial charge in [0, 0.05) is 0 Å². The van der Waals surface area contributed by atoms with Crippen LogP contribution in [0.2, 0.25) is 0 Å². The maximum atomic E-state index is 12.2. The van der Waals surface area contributed by atoms with Crippen LogP contribution in [0.25, 0.3) is 0 Å². The van der Waals surface area contributed by atoms with E-state index in [9.17, 15) is 26.4 Å². The van der Waals surface area contributed by atoms with Crippen LogP contribution in [-0.4, -0.2) is 19.8 Å². The van der Waals surface area contributed by atoms with Gasteiger partial charge in [-0.25, -0.2) is 0 Å². The first kappa shape index (κ1) is 14.3. The SMILES string of the molecule is NC(=O)Cc1ccccc1NS(=O)(=O)C(F)(F)F. The molecule has 18 heavy (non-hydrogen) atoms. The summed E-state index contributed by atoms with van der Waals surface area (Å²) in [5.74, 6) is -0.784. The number of sulfonamides is 1. The van der Waals surface area contributed by atoms with Gasteiger partial charge < -0.3 is 5.73 Å². The van der Waals surface area contributed by atoms with Gasteiger partial charge in [-0.15, -0.1) is 0 Å². The zero-order chi connectivity index (χ0) is 14.0. The van der Waals surface area contributed by atoms with Crippen LogP contribution < -0.4 is 10.5 Å². The molecule has 1 aromatic rings. The topological polar surface area (TPSA) is 89.3 Å². The van der Waals surface area contributed by atoms with Crippen molar-refractivity contribution in [2.45, 2.75) is 11.9 Å². The van der Waals surface area contributed by atoms with E-state index in [1.54, 1.807) is 0 Å². The quantitative estimate of drug-likeness (QED) is 0.862. The Kier molecular flexibility index (Phi) is 3.85. The molecule has 0 saturated heterocycles. The van der Waals surface area contributed by atoms with E-state index < -0.39 is 21.4 Å². The molecule has 1 aromatic carbocycles. The fraction of sp³-hybridized carbons (Fsp3) is 0.222. The van der Waals surface area contributed by atoms with Crippen molar-refractivity contribution in [3.05, 3.63) is 29.8 Å². The Labute approximate surface area is 101 Å². The maximum Gasteiger partial charge on any atom is 0.516 e. The number of alkyl halides is 3. The van der Waals surface area contributed by atoms with E-state index in [0.29, 0.717) is 0 Å². The molecule has 0 aliphatic heterocycles. The number of amides is 1. The molecule has 0 atom stereocenters. The summed E-state index contributed by atoms with van der Waals surface area (Å²) < 4.78 is 59.7. The third kappa shape index (κ3) is 3.36. The average molecular weight is 282 g/mol. The fourth-order valence-corrected chi connectivity index (χ4v) is 1.77. The Hall–Kier alpha value is -1.77. The lowest BCUT2D eigenvalue weighted by molar-refractivity contribution is -0.117. The molecule has 0 saturated carbocycles. The lowest BCUT2D eigenvalue weighted by atomic mass is 10.1. The highest BCUT2D eigenvalue weighted by molar-refractivity contribution is 7.93. The number of hydrogen-bond donors (Lipinski definition) is 2. The molecule has 0 aliphatic carbocycles. The molecule has 1 amide bonds. The summed E-state index contributed by atoms with van der Waals surface area (Å²) >= 11 is 0. The molecule has 9 heteroatoms. The summed E-state index contributed by atoms with van der Waals surface area (Å²) in [6, 6.07) is 5.20. The maximum absolute atomic E-state index is 12.2. The predicted molar refractivity (Wildman–Crippen MR) is 57.9 cm³/mol. The van der Waals surface area contributed by atoms with E-state index in [1.807, 2.05) is 0 Å². The average Bonchev–Trinajstić information content (AvgIpc) is 2.18. The summed E-state index contributed by atoms with van der Waals surface area (Å²) in [4.78, 5) is 10.7. The molecule has 0 fully saturated rings. The van der Waals surface area contributed by atoms with Crippen LogP contribution in [0.15, 0.2) is 24.3 Å². The van der Waals surface area contributed by atoms with Gasteiger partial charge in [0.25, 0.3) is 0 Å². The number of nitrogens with two attached hydrogens (primary N) is 1. The number of carbonyl (C=O) groups is 1. The number of benzene rings is 1. The van der Waals surface area contributed by atoms with Crippen molar-refractivity contribution in [2.24, 2.45) is 5.73 Å². The van der Waals surface area contributed by atoms with Gasteiger partial charge in [-0.2, -0.15) is 21.6 Å². The Morgan fingerprint density at radius 1 is 1.28 bits per heavy atom. The van der Waals surface area contributed by atoms with Gasteiger partial charge in [0.1, 0.15) is 0 Å². The second kappa shape index (κ2) is 4.84. The van der Waals surface area contributed by atoms with Gasteiger partial charge in [-0.1, -0.05) is 18.2 Å². The summed E-state index contributed by atoms with van der Waals surface area (Å²) in [5, 5.41) is 0. The van der Waals surface area contributed by atoms with Crippen LogP contribution in [0.4, 0.5) is 18.9 Å². The first-order valence-corrected chi connectivity index (χ1v) is 6.07. The fourth-order valence-electron chi connectivity index (χ4n) is 1.16. The molecule has 0 radical (unpaired) electrons. The lowest BCUT2D eigenvalue weighted by Gasteiger charge is -2.13. The number of nitrogens with one attached hydrogen (secondary N) is 1. The smallest absolute Gasteiger partial charge is 0.369 e. The molecular weight excluding hydrogens is 273 g/mol. The molecule has 0 aromatic heterocycles. The van der Waals surface area contributed by atoms with Crippen LogP contribution in [0.1, 0.15) is 5.56 Å². The number of hydrogen-bond acceptors (Lipinski definition) is 3. The van der Waals surface area contributed by atoms with Crippen molar-refractivity contribution in [3.63, 3.8) is 0 Å². The van der Waals surface area contributed by atoms with Crippen LogP contribution in [0.3, 0.4) is 0 Å². The Bertz CT molecular complexity index is 554. The normalized spacial score (nSPS) is 12.2. The van der Waals surface area contributed by atoms with Gasteiger partial charge in [0.15, 0.2) is 0 Å². The molecule has 0 aliphatic rings. The number of carbonyl (C=O) groups excluding carboxylic acids is 1. The van der Waals surface area contributed by atoms with E-state index in [4.69, 9.17) is 5.73 Å². The third-order valence-electron chi connectivity index (χ3n) is 1.93. The lowest BCUT2D eigenvalue weighted by Crippen LogP contribution is -2.30. The zero-order valence-electron chi connectivity index (χ0n) is 8.86. The largest absolute Gasteiger partial charge is 0.516 e. The standard InChI is InChI=1S/C9H9F3N2O3S/c10-9(11,12)18(16,17)14-7-4-2-1-3-6(7)5-8(13)15/h1-4,14H,5H2,(H2,13,15). The van der Waals surface area contributed by atoms with Crippen molar-refractivity contribution in [1.82, 2.24) is 0 Å². The van der Waals surface area contributed by atoms with Crippen molar-refractivity contribution in [1.29, 1.82) is 0 Å². The Balaban J connectivity index is 3.09. The molecule has 0 bridgehead atoms. The Morgan fingerprint density at radius 2 is 1.83 bits per heavy atom.